The van der Waals surface area contributed by atoms with Crippen molar-refractivity contribution < 1.29 is 9.21 Å². The number of benzene rings is 1. The zero-order valence-corrected chi connectivity index (χ0v) is 13.4. The van der Waals surface area contributed by atoms with E-state index >= 15 is 0 Å². The quantitative estimate of drug-likeness (QED) is 0.926. The Morgan fingerprint density at radius 1 is 1.30 bits per heavy atom. The van der Waals surface area contributed by atoms with E-state index < -0.39 is 0 Å². The number of aromatic nitrogens is 1. The molecule has 1 unspecified atom stereocenters. The van der Waals surface area contributed by atoms with Gasteiger partial charge in [-0.2, -0.15) is 0 Å². The van der Waals surface area contributed by atoms with Crippen molar-refractivity contribution in [2.24, 2.45) is 0 Å². The van der Waals surface area contributed by atoms with Crippen LogP contribution in [-0.2, 0) is 0 Å². The maximum absolute atomic E-state index is 12.5. The summed E-state index contributed by atoms with van der Waals surface area (Å²) >= 11 is 0. The van der Waals surface area contributed by atoms with Crippen LogP contribution < -0.4 is 5.32 Å². The first-order valence-corrected chi connectivity index (χ1v) is 8.36. The molecule has 2 fully saturated rings. The highest BCUT2D eigenvalue weighted by Gasteiger charge is 2.31. The van der Waals surface area contributed by atoms with E-state index in [0.29, 0.717) is 17.5 Å². The summed E-state index contributed by atoms with van der Waals surface area (Å²) in [5.74, 6) is 0.636. The zero-order valence-electron chi connectivity index (χ0n) is 13.4. The Balaban J connectivity index is 1.40. The molecule has 1 atom stereocenters. The number of fused-ring (bicyclic) bond motifs is 1. The third-order valence-corrected chi connectivity index (χ3v) is 4.85. The largest absolute Gasteiger partial charge is 0.441 e. The number of hydrogen-bond acceptors (Lipinski definition) is 4. The summed E-state index contributed by atoms with van der Waals surface area (Å²) in [5, 5.41) is 2.98. The highest BCUT2D eigenvalue weighted by Crippen LogP contribution is 2.23. The minimum atomic E-state index is -0.0257. The fourth-order valence-corrected chi connectivity index (χ4v) is 3.65. The molecule has 4 rings (SSSR count). The van der Waals surface area contributed by atoms with Gasteiger partial charge in [-0.05, 0) is 44.5 Å². The van der Waals surface area contributed by atoms with Gasteiger partial charge in [0.05, 0.1) is 0 Å². The van der Waals surface area contributed by atoms with Gasteiger partial charge >= 0.3 is 6.03 Å². The van der Waals surface area contributed by atoms with Crippen molar-refractivity contribution >= 4 is 22.8 Å². The van der Waals surface area contributed by atoms with Crippen molar-refractivity contribution in [3.05, 3.63) is 24.1 Å². The molecule has 6 nitrogen and oxygen atoms in total. The molecule has 0 bridgehead atoms. The van der Waals surface area contributed by atoms with Crippen LogP contribution in [0.15, 0.2) is 22.6 Å². The van der Waals surface area contributed by atoms with Gasteiger partial charge in [0, 0.05) is 37.8 Å². The highest BCUT2D eigenvalue weighted by atomic mass is 16.3. The number of carbonyl (C=O) groups is 1. The average molecular weight is 314 g/mol. The first-order chi connectivity index (χ1) is 11.2. The number of carbonyl (C=O) groups excluding carboxylic acids is 1. The Morgan fingerprint density at radius 2 is 2.13 bits per heavy atom. The van der Waals surface area contributed by atoms with E-state index in [2.05, 4.69) is 15.2 Å². The van der Waals surface area contributed by atoms with Crippen molar-refractivity contribution in [1.29, 1.82) is 0 Å². The fourth-order valence-electron chi connectivity index (χ4n) is 3.65. The smallest absolute Gasteiger partial charge is 0.321 e. The van der Waals surface area contributed by atoms with Crippen molar-refractivity contribution in [2.45, 2.75) is 32.2 Å². The molecule has 0 spiro atoms. The number of aryl methyl sites for hydroxylation is 1. The first kappa shape index (κ1) is 14.5. The molecule has 0 saturated carbocycles. The summed E-state index contributed by atoms with van der Waals surface area (Å²) in [6, 6.07) is 6.08. The molecular weight excluding hydrogens is 292 g/mol. The molecule has 0 aliphatic carbocycles. The van der Waals surface area contributed by atoms with Crippen LogP contribution in [0.4, 0.5) is 10.5 Å². The summed E-state index contributed by atoms with van der Waals surface area (Å²) in [5.41, 5.74) is 2.27. The number of hydrogen-bond donors (Lipinski definition) is 1. The number of anilines is 1. The molecule has 2 aliphatic rings. The minimum absolute atomic E-state index is 0.0257. The fraction of sp³-hybridized carbons (Fsp3) is 0.529. The number of urea groups is 1. The van der Waals surface area contributed by atoms with Gasteiger partial charge in [0.25, 0.3) is 0 Å². The van der Waals surface area contributed by atoms with E-state index in [9.17, 15) is 4.79 Å². The summed E-state index contributed by atoms with van der Waals surface area (Å²) in [6.45, 7) is 5.84. The number of oxazole rings is 1. The molecule has 23 heavy (non-hydrogen) atoms. The molecule has 2 aromatic rings. The lowest BCUT2D eigenvalue weighted by atomic mass is 10.2. The van der Waals surface area contributed by atoms with Crippen molar-refractivity contribution in [1.82, 2.24) is 14.8 Å². The Kier molecular flexibility index (Phi) is 3.69. The van der Waals surface area contributed by atoms with Crippen molar-refractivity contribution in [2.75, 3.05) is 31.5 Å². The third kappa shape index (κ3) is 2.91. The number of amides is 2. The van der Waals surface area contributed by atoms with Gasteiger partial charge in [-0.25, -0.2) is 9.78 Å². The number of nitrogens with zero attached hydrogens (tertiary/aromatic N) is 3. The Bertz CT molecular complexity index is 720. The van der Waals surface area contributed by atoms with Gasteiger partial charge < -0.3 is 14.6 Å². The second-order valence-electron chi connectivity index (χ2n) is 6.48. The van der Waals surface area contributed by atoms with Crippen LogP contribution in [0, 0.1) is 6.92 Å². The maximum atomic E-state index is 12.5. The van der Waals surface area contributed by atoms with E-state index in [4.69, 9.17) is 4.42 Å². The predicted molar refractivity (Wildman–Crippen MR) is 88.5 cm³/mol. The van der Waals surface area contributed by atoms with Crippen LogP contribution in [0.3, 0.4) is 0 Å². The lowest BCUT2D eigenvalue weighted by Crippen LogP contribution is -2.38. The van der Waals surface area contributed by atoms with Crippen molar-refractivity contribution in [3.63, 3.8) is 0 Å². The third-order valence-electron chi connectivity index (χ3n) is 4.85. The number of likely N-dealkylation sites (tertiary alicyclic amines) is 2. The second kappa shape index (κ2) is 5.85. The van der Waals surface area contributed by atoms with Crippen LogP contribution in [0.1, 0.15) is 25.2 Å². The average Bonchev–Trinajstić information content (AvgIpc) is 3.26. The summed E-state index contributed by atoms with van der Waals surface area (Å²) < 4.78 is 5.52. The SMILES string of the molecule is Cc1nc2ccc(NC(=O)N3CCC(N4CCCC4)C3)cc2o1. The summed E-state index contributed by atoms with van der Waals surface area (Å²) in [7, 11) is 0. The van der Waals surface area contributed by atoms with Crippen LogP contribution in [-0.4, -0.2) is 53.0 Å². The monoisotopic (exact) mass is 314 g/mol. The lowest BCUT2D eigenvalue weighted by molar-refractivity contribution is 0.210. The molecule has 1 aromatic heterocycles. The topological polar surface area (TPSA) is 61.6 Å². The maximum Gasteiger partial charge on any atom is 0.321 e. The molecule has 2 saturated heterocycles. The second-order valence-corrected chi connectivity index (χ2v) is 6.48. The lowest BCUT2D eigenvalue weighted by Gasteiger charge is -2.23. The van der Waals surface area contributed by atoms with E-state index in [1.807, 2.05) is 30.0 Å². The molecule has 0 radical (unpaired) electrons. The van der Waals surface area contributed by atoms with Crippen molar-refractivity contribution in [3.8, 4) is 0 Å². The molecule has 122 valence electrons. The van der Waals surface area contributed by atoms with Crippen LogP contribution in [0.2, 0.25) is 0 Å². The van der Waals surface area contributed by atoms with Crippen LogP contribution in [0.25, 0.3) is 11.1 Å². The highest BCUT2D eigenvalue weighted by molar-refractivity contribution is 5.91. The minimum Gasteiger partial charge on any atom is -0.441 e. The van der Waals surface area contributed by atoms with Gasteiger partial charge in [0.2, 0.25) is 0 Å². The summed E-state index contributed by atoms with van der Waals surface area (Å²) in [4.78, 5) is 21.2. The van der Waals surface area contributed by atoms with Gasteiger partial charge in [0.1, 0.15) is 5.52 Å². The van der Waals surface area contributed by atoms with Crippen LogP contribution in [0.5, 0.6) is 0 Å². The molecule has 2 amide bonds. The van der Waals surface area contributed by atoms with Gasteiger partial charge in [0.15, 0.2) is 11.5 Å². The molecule has 1 N–H and O–H groups in total. The molecular formula is C17H22N4O2. The van der Waals surface area contributed by atoms with E-state index in [-0.39, 0.29) is 6.03 Å². The standard InChI is InChI=1S/C17H22N4O2/c1-12-18-15-5-4-13(10-16(15)23-12)19-17(22)21-9-6-14(11-21)20-7-2-3-8-20/h4-5,10,14H,2-3,6-9,11H2,1H3,(H,19,22). The number of nitrogens with one attached hydrogen (secondary N) is 1. The van der Waals surface area contributed by atoms with E-state index in [1.165, 1.54) is 25.9 Å². The first-order valence-electron chi connectivity index (χ1n) is 8.36. The van der Waals surface area contributed by atoms with Gasteiger partial charge in [-0.15, -0.1) is 0 Å². The molecule has 6 heteroatoms. The Labute approximate surface area is 135 Å². The predicted octanol–water partition coefficient (Wildman–Crippen LogP) is 2.84. The molecule has 1 aromatic carbocycles. The van der Waals surface area contributed by atoms with Gasteiger partial charge in [-0.1, -0.05) is 0 Å². The summed E-state index contributed by atoms with van der Waals surface area (Å²) in [6.07, 6.45) is 3.66. The molecule has 2 aliphatic heterocycles. The van der Waals surface area contributed by atoms with Crippen LogP contribution >= 0.6 is 0 Å². The zero-order chi connectivity index (χ0) is 15.8. The number of rotatable bonds is 2. The van der Waals surface area contributed by atoms with E-state index in [0.717, 1.165) is 30.7 Å². The normalized spacial score (nSPS) is 22.1. The Morgan fingerprint density at radius 3 is 2.96 bits per heavy atom. The Hall–Kier alpha value is -2.08. The van der Waals surface area contributed by atoms with E-state index in [1.54, 1.807) is 0 Å². The van der Waals surface area contributed by atoms with Gasteiger partial charge in [-0.3, -0.25) is 4.90 Å². The molecule has 3 heterocycles.